The monoisotopic (exact) mass is 281 g/mol. The summed E-state index contributed by atoms with van der Waals surface area (Å²) < 4.78 is 7.03. The summed E-state index contributed by atoms with van der Waals surface area (Å²) in [6.45, 7) is 2.07. The molecule has 0 bridgehead atoms. The number of aromatic nitrogens is 2. The Balaban J connectivity index is 0.000000612. The Morgan fingerprint density at radius 2 is 2.25 bits per heavy atom. The number of furan rings is 1. The minimum atomic E-state index is -0.250. The van der Waals surface area contributed by atoms with E-state index in [9.17, 15) is 0 Å². The Kier molecular flexibility index (Phi) is 7.08. The Morgan fingerprint density at radius 3 is 2.75 bits per heavy atom. The van der Waals surface area contributed by atoms with E-state index in [0.29, 0.717) is 6.54 Å². The molecule has 0 aromatic carbocycles. The molecule has 2 aromatic heterocycles. The molecule has 7 heteroatoms. The van der Waals surface area contributed by atoms with Gasteiger partial charge in [-0.25, -0.2) is 4.98 Å². The van der Waals surface area contributed by atoms with E-state index >= 15 is 0 Å². The number of imidazole rings is 1. The van der Waals surface area contributed by atoms with Gasteiger partial charge in [0.15, 0.2) is 0 Å². The van der Waals surface area contributed by atoms with Crippen LogP contribution in [0.1, 0.15) is 11.3 Å². The topological polar surface area (TPSA) is 91.7 Å². The van der Waals surface area contributed by atoms with E-state index in [1.807, 2.05) is 23.9 Å². The van der Waals surface area contributed by atoms with Crippen molar-refractivity contribution in [2.24, 2.45) is 7.05 Å². The van der Waals surface area contributed by atoms with Crippen LogP contribution in [-0.4, -0.2) is 44.3 Å². The second-order valence-corrected chi connectivity index (χ2v) is 4.17. The zero-order valence-electron chi connectivity index (χ0n) is 11.3. The van der Waals surface area contributed by atoms with Crippen LogP contribution < -0.4 is 0 Å². The van der Waals surface area contributed by atoms with Gasteiger partial charge in [0, 0.05) is 38.4 Å². The van der Waals surface area contributed by atoms with Crippen LogP contribution in [0.25, 0.3) is 0 Å². The average Bonchev–Trinajstić information content (AvgIpc) is 3.04. The first-order valence-corrected chi connectivity index (χ1v) is 6.08. The van der Waals surface area contributed by atoms with Gasteiger partial charge in [-0.15, -0.1) is 0 Å². The summed E-state index contributed by atoms with van der Waals surface area (Å²) in [6, 6.07) is 1.94. The average molecular weight is 281 g/mol. The molecule has 2 rings (SSSR count). The minimum Gasteiger partial charge on any atom is -0.483 e. The van der Waals surface area contributed by atoms with E-state index in [-0.39, 0.29) is 13.1 Å². The van der Waals surface area contributed by atoms with Crippen molar-refractivity contribution in [2.75, 3.05) is 13.2 Å². The number of aliphatic hydroxyl groups excluding tert-OH is 1. The molecule has 2 aromatic rings. The highest BCUT2D eigenvalue weighted by Gasteiger charge is 2.09. The van der Waals surface area contributed by atoms with Crippen LogP contribution in [0.4, 0.5) is 0 Å². The molecule has 20 heavy (non-hydrogen) atoms. The van der Waals surface area contributed by atoms with Crippen molar-refractivity contribution >= 4 is 6.47 Å². The smallest absolute Gasteiger partial charge is 0.290 e. The van der Waals surface area contributed by atoms with Gasteiger partial charge in [-0.1, -0.05) is 0 Å². The molecule has 0 aliphatic rings. The minimum absolute atomic E-state index is 0.149. The molecule has 110 valence electrons. The number of aryl methyl sites for hydroxylation is 1. The van der Waals surface area contributed by atoms with Crippen LogP contribution in [0.5, 0.6) is 0 Å². The number of aliphatic hydroxyl groups is 1. The molecule has 0 aliphatic heterocycles. The molecule has 0 atom stereocenters. The predicted molar refractivity (Wildman–Crippen MR) is 71.8 cm³/mol. The molecule has 0 radical (unpaired) electrons. The molecule has 0 spiro atoms. The lowest BCUT2D eigenvalue weighted by atomic mass is 10.3. The molecular weight excluding hydrogens is 262 g/mol. The molecule has 0 saturated heterocycles. The van der Waals surface area contributed by atoms with Crippen LogP contribution in [0, 0.1) is 0 Å². The molecule has 0 saturated carbocycles. The van der Waals surface area contributed by atoms with Crippen LogP contribution in [0.15, 0.2) is 35.5 Å². The van der Waals surface area contributed by atoms with E-state index in [1.165, 1.54) is 0 Å². The summed E-state index contributed by atoms with van der Waals surface area (Å²) in [6.07, 6.45) is 7.02. The fourth-order valence-corrected chi connectivity index (χ4v) is 1.76. The SMILES string of the molecule is Cn1cncc1CN(CCO)Cc1ccoc1.O=CO. The second-order valence-electron chi connectivity index (χ2n) is 4.17. The third kappa shape index (κ3) is 5.25. The third-order valence-electron chi connectivity index (χ3n) is 2.70. The van der Waals surface area contributed by atoms with E-state index in [0.717, 1.165) is 24.3 Å². The number of carboxylic acid groups (broad SMARTS) is 1. The molecular formula is C13H19N3O4. The summed E-state index contributed by atoms with van der Waals surface area (Å²) in [4.78, 5) is 14.6. The normalized spacial score (nSPS) is 10.2. The van der Waals surface area contributed by atoms with Gasteiger partial charge in [-0.3, -0.25) is 9.69 Å². The summed E-state index contributed by atoms with van der Waals surface area (Å²) in [5.41, 5.74) is 2.24. The Morgan fingerprint density at radius 1 is 1.50 bits per heavy atom. The first kappa shape index (κ1) is 15.9. The molecule has 0 amide bonds. The van der Waals surface area contributed by atoms with Crippen molar-refractivity contribution in [2.45, 2.75) is 13.1 Å². The van der Waals surface area contributed by atoms with E-state index in [2.05, 4.69) is 9.88 Å². The van der Waals surface area contributed by atoms with Crippen molar-refractivity contribution in [3.63, 3.8) is 0 Å². The van der Waals surface area contributed by atoms with Gasteiger partial charge in [0.2, 0.25) is 0 Å². The van der Waals surface area contributed by atoms with Crippen LogP contribution in [-0.2, 0) is 24.9 Å². The van der Waals surface area contributed by atoms with Crippen molar-refractivity contribution in [1.82, 2.24) is 14.5 Å². The highest BCUT2D eigenvalue weighted by molar-refractivity contribution is 5.32. The molecule has 0 unspecified atom stereocenters. The predicted octanol–water partition coefficient (Wildman–Crippen LogP) is 0.708. The van der Waals surface area contributed by atoms with Gasteiger partial charge in [-0.2, -0.15) is 0 Å². The molecule has 2 N–H and O–H groups in total. The maximum Gasteiger partial charge on any atom is 0.290 e. The quantitative estimate of drug-likeness (QED) is 0.758. The van der Waals surface area contributed by atoms with Crippen molar-refractivity contribution in [1.29, 1.82) is 0 Å². The van der Waals surface area contributed by atoms with Crippen molar-refractivity contribution < 1.29 is 19.4 Å². The van der Waals surface area contributed by atoms with Crippen molar-refractivity contribution in [3.05, 3.63) is 42.4 Å². The molecule has 2 heterocycles. The maximum atomic E-state index is 9.08. The lowest BCUT2D eigenvalue weighted by molar-refractivity contribution is -0.122. The van der Waals surface area contributed by atoms with Gasteiger partial charge in [0.1, 0.15) is 0 Å². The molecule has 7 nitrogen and oxygen atoms in total. The zero-order chi connectivity index (χ0) is 14.8. The van der Waals surface area contributed by atoms with Crippen molar-refractivity contribution in [3.8, 4) is 0 Å². The van der Waals surface area contributed by atoms with E-state index in [1.54, 1.807) is 18.9 Å². The third-order valence-corrected chi connectivity index (χ3v) is 2.70. The first-order chi connectivity index (χ1) is 9.71. The standard InChI is InChI=1S/C12H17N3O2.CH2O2/c1-14-10-13-6-12(14)8-15(3-4-16)7-11-2-5-17-9-11;2-1-3/h2,5-6,9-10,16H,3-4,7-8H2,1H3;1H,(H,2,3). The fraction of sp³-hybridized carbons (Fsp3) is 0.385. The largest absolute Gasteiger partial charge is 0.483 e. The van der Waals surface area contributed by atoms with Gasteiger partial charge >= 0.3 is 0 Å². The Bertz CT molecular complexity index is 482. The molecule has 0 aliphatic carbocycles. The van der Waals surface area contributed by atoms with Gasteiger partial charge in [0.05, 0.1) is 31.2 Å². The van der Waals surface area contributed by atoms with Crippen LogP contribution in [0.3, 0.4) is 0 Å². The molecule has 0 fully saturated rings. The zero-order valence-corrected chi connectivity index (χ0v) is 11.3. The number of hydrogen-bond acceptors (Lipinski definition) is 5. The Labute approximate surface area is 117 Å². The van der Waals surface area contributed by atoms with Gasteiger partial charge < -0.3 is 19.2 Å². The number of carbonyl (C=O) groups is 1. The lowest BCUT2D eigenvalue weighted by Gasteiger charge is -2.20. The highest BCUT2D eigenvalue weighted by Crippen LogP contribution is 2.09. The summed E-state index contributed by atoms with van der Waals surface area (Å²) in [5.74, 6) is 0. The highest BCUT2D eigenvalue weighted by atomic mass is 16.3. The fourth-order valence-electron chi connectivity index (χ4n) is 1.76. The van der Waals surface area contributed by atoms with E-state index < -0.39 is 0 Å². The summed E-state index contributed by atoms with van der Waals surface area (Å²) in [7, 11) is 1.97. The Hall–Kier alpha value is -2.12. The summed E-state index contributed by atoms with van der Waals surface area (Å²) >= 11 is 0. The van der Waals surface area contributed by atoms with E-state index in [4.69, 9.17) is 19.4 Å². The van der Waals surface area contributed by atoms with Crippen LogP contribution in [0.2, 0.25) is 0 Å². The maximum absolute atomic E-state index is 9.08. The van der Waals surface area contributed by atoms with Crippen LogP contribution >= 0.6 is 0 Å². The summed E-state index contributed by atoms with van der Waals surface area (Å²) in [5, 5.41) is 16.0. The first-order valence-electron chi connectivity index (χ1n) is 6.08. The van der Waals surface area contributed by atoms with Gasteiger partial charge in [0.25, 0.3) is 6.47 Å². The second kappa shape index (κ2) is 8.89. The van der Waals surface area contributed by atoms with Gasteiger partial charge in [-0.05, 0) is 6.07 Å². The number of rotatable bonds is 6. The number of hydrogen-bond donors (Lipinski definition) is 2. The lowest BCUT2D eigenvalue weighted by Crippen LogP contribution is -2.26. The number of nitrogens with zero attached hydrogens (tertiary/aromatic N) is 3.